The Hall–Kier alpha value is -3.13. The molecule has 1 atom stereocenters. The molecule has 1 aliphatic rings. The fourth-order valence-corrected chi connectivity index (χ4v) is 5.47. The average Bonchev–Trinajstić information content (AvgIpc) is 3.08. The molecule has 4 rings (SSSR count). The van der Waals surface area contributed by atoms with Crippen molar-refractivity contribution in [1.29, 1.82) is 0 Å². The minimum Gasteiger partial charge on any atom is -0.484 e. The highest BCUT2D eigenvalue weighted by Gasteiger charge is 2.28. The molecule has 2 aromatic carbocycles. The highest BCUT2D eigenvalue weighted by Crippen LogP contribution is 2.25. The summed E-state index contributed by atoms with van der Waals surface area (Å²) in [5.41, 5.74) is 2.48. The van der Waals surface area contributed by atoms with Crippen molar-refractivity contribution in [3.05, 3.63) is 75.6 Å². The van der Waals surface area contributed by atoms with Gasteiger partial charge in [-0.25, -0.2) is 13.2 Å². The largest absolute Gasteiger partial charge is 0.484 e. The molecule has 0 saturated carbocycles. The molecule has 1 saturated heterocycles. The number of fused-ring (bicyclic) bond motifs is 1. The van der Waals surface area contributed by atoms with Gasteiger partial charge >= 0.3 is 5.63 Å². The Morgan fingerprint density at radius 2 is 1.97 bits per heavy atom. The maximum atomic E-state index is 12.6. The lowest BCUT2D eigenvalue weighted by Gasteiger charge is -2.12. The first kappa shape index (κ1) is 21.1. The molecule has 0 unspecified atom stereocenters. The number of aryl methyl sites for hydroxylation is 1. The highest BCUT2D eigenvalue weighted by molar-refractivity contribution is 7.91. The zero-order valence-electron chi connectivity index (χ0n) is 17.1. The van der Waals surface area contributed by atoms with Crippen molar-refractivity contribution < 1.29 is 22.4 Å². The van der Waals surface area contributed by atoms with Gasteiger partial charge in [-0.1, -0.05) is 30.3 Å². The summed E-state index contributed by atoms with van der Waals surface area (Å²) >= 11 is 0. The second-order valence-corrected chi connectivity index (χ2v) is 10.00. The van der Waals surface area contributed by atoms with Crippen LogP contribution in [0.15, 0.2) is 57.7 Å². The first-order chi connectivity index (χ1) is 14.8. The molecule has 0 aliphatic carbocycles. The van der Waals surface area contributed by atoms with E-state index in [-0.39, 0.29) is 24.2 Å². The normalized spacial score (nSPS) is 17.5. The van der Waals surface area contributed by atoms with Gasteiger partial charge in [0.2, 0.25) is 0 Å². The zero-order valence-corrected chi connectivity index (χ0v) is 17.9. The van der Waals surface area contributed by atoms with Gasteiger partial charge in [0.25, 0.3) is 5.91 Å². The summed E-state index contributed by atoms with van der Waals surface area (Å²) in [5.74, 6) is 0.0524. The fraction of sp³-hybridized carbons (Fsp3) is 0.304. The van der Waals surface area contributed by atoms with E-state index in [1.165, 1.54) is 0 Å². The van der Waals surface area contributed by atoms with Gasteiger partial charge in [0, 0.05) is 29.5 Å². The number of nitrogens with one attached hydrogen (secondary N) is 1. The van der Waals surface area contributed by atoms with E-state index in [9.17, 15) is 18.0 Å². The summed E-state index contributed by atoms with van der Waals surface area (Å²) in [6, 6.07) is 14.4. The molecule has 1 N–H and O–H groups in total. The van der Waals surface area contributed by atoms with Gasteiger partial charge in [-0.15, -0.1) is 0 Å². The minimum absolute atomic E-state index is 0.0372. The number of ether oxygens (including phenoxy) is 1. The Kier molecular flexibility index (Phi) is 5.82. The van der Waals surface area contributed by atoms with Gasteiger partial charge in [-0.3, -0.25) is 4.79 Å². The highest BCUT2D eigenvalue weighted by atomic mass is 32.2. The number of benzene rings is 2. The topological polar surface area (TPSA) is 103 Å². The van der Waals surface area contributed by atoms with Crippen molar-refractivity contribution in [2.75, 3.05) is 18.1 Å². The van der Waals surface area contributed by atoms with Crippen LogP contribution in [0.4, 0.5) is 0 Å². The van der Waals surface area contributed by atoms with Gasteiger partial charge in [0.1, 0.15) is 11.3 Å². The van der Waals surface area contributed by atoms with Gasteiger partial charge in [0.15, 0.2) is 16.4 Å². The Morgan fingerprint density at radius 1 is 1.19 bits per heavy atom. The molecule has 8 heteroatoms. The number of carbonyl (C=O) groups excluding carboxylic acids is 1. The molecule has 31 heavy (non-hydrogen) atoms. The number of sulfone groups is 1. The van der Waals surface area contributed by atoms with E-state index in [1.54, 1.807) is 18.2 Å². The van der Waals surface area contributed by atoms with Crippen LogP contribution in [0.2, 0.25) is 0 Å². The summed E-state index contributed by atoms with van der Waals surface area (Å²) < 4.78 is 34.0. The second-order valence-electron chi connectivity index (χ2n) is 7.77. The fourth-order valence-electron chi connectivity index (χ4n) is 3.80. The van der Waals surface area contributed by atoms with Gasteiger partial charge in [0.05, 0.1) is 11.5 Å². The lowest BCUT2D eigenvalue weighted by molar-refractivity contribution is -0.123. The van der Waals surface area contributed by atoms with Crippen molar-refractivity contribution in [2.24, 2.45) is 0 Å². The third kappa shape index (κ3) is 4.96. The van der Waals surface area contributed by atoms with Crippen LogP contribution in [-0.2, 0) is 21.1 Å². The third-order valence-electron chi connectivity index (χ3n) is 5.45. The van der Waals surface area contributed by atoms with Crippen molar-refractivity contribution in [2.45, 2.75) is 25.8 Å². The predicted octanol–water partition coefficient (Wildman–Crippen LogP) is 2.37. The minimum atomic E-state index is -3.06. The summed E-state index contributed by atoms with van der Waals surface area (Å²) in [4.78, 5) is 24.6. The van der Waals surface area contributed by atoms with E-state index >= 15 is 0 Å². The maximum absolute atomic E-state index is 12.6. The third-order valence-corrected chi connectivity index (χ3v) is 7.22. The molecule has 1 aliphatic heterocycles. The van der Waals surface area contributed by atoms with Crippen LogP contribution in [0.5, 0.6) is 5.75 Å². The van der Waals surface area contributed by atoms with Gasteiger partial charge in [-0.05, 0) is 36.6 Å². The van der Waals surface area contributed by atoms with Crippen LogP contribution in [0.3, 0.4) is 0 Å². The molecule has 0 spiro atoms. The lowest BCUT2D eigenvalue weighted by Crippen LogP contribution is -2.38. The van der Waals surface area contributed by atoms with Crippen LogP contribution >= 0.6 is 0 Å². The van der Waals surface area contributed by atoms with Crippen LogP contribution < -0.4 is 15.7 Å². The zero-order chi connectivity index (χ0) is 22.0. The Labute approximate surface area is 180 Å². The van der Waals surface area contributed by atoms with Gasteiger partial charge in [-0.2, -0.15) is 0 Å². The van der Waals surface area contributed by atoms with Gasteiger partial charge < -0.3 is 14.5 Å². The molecule has 1 aromatic heterocycles. The van der Waals surface area contributed by atoms with Crippen LogP contribution in [0.25, 0.3) is 11.0 Å². The lowest BCUT2D eigenvalue weighted by atomic mass is 10.00. The summed E-state index contributed by atoms with van der Waals surface area (Å²) in [6.45, 7) is 1.64. The molecule has 7 nitrogen and oxygen atoms in total. The summed E-state index contributed by atoms with van der Waals surface area (Å²) in [6.07, 6.45) is 0.903. The Bertz CT molecular complexity index is 1280. The standard InChI is InChI=1S/C23H23NO6S/c1-15-19-8-7-18(29-13-22(25)24-17-9-10-31(27,28)14-17)12-21(19)30-23(26)20(15)11-16-5-3-2-4-6-16/h2-8,12,17H,9-11,13-14H2,1H3,(H,24,25)/t17-/m0/s1. The SMILES string of the molecule is Cc1c(Cc2ccccc2)c(=O)oc2cc(OCC(=O)N[C@H]3CCS(=O)(=O)C3)ccc12. The van der Waals surface area contributed by atoms with Crippen molar-refractivity contribution in [3.8, 4) is 5.75 Å². The summed E-state index contributed by atoms with van der Waals surface area (Å²) in [7, 11) is -3.06. The quantitative estimate of drug-likeness (QED) is 0.589. The average molecular weight is 442 g/mol. The van der Waals surface area contributed by atoms with E-state index < -0.39 is 21.4 Å². The monoisotopic (exact) mass is 441 g/mol. The summed E-state index contributed by atoms with van der Waals surface area (Å²) in [5, 5.41) is 3.48. The number of hydrogen-bond donors (Lipinski definition) is 1. The van der Waals surface area contributed by atoms with Crippen molar-refractivity contribution in [3.63, 3.8) is 0 Å². The van der Waals surface area contributed by atoms with Crippen LogP contribution in [0, 0.1) is 6.92 Å². The van der Waals surface area contributed by atoms with Crippen LogP contribution in [-0.4, -0.2) is 38.5 Å². The molecule has 162 valence electrons. The maximum Gasteiger partial charge on any atom is 0.340 e. The van der Waals surface area contributed by atoms with E-state index in [1.807, 2.05) is 37.3 Å². The molecular formula is C23H23NO6S. The van der Waals surface area contributed by atoms with Crippen LogP contribution in [0.1, 0.15) is 23.1 Å². The van der Waals surface area contributed by atoms with Crippen molar-refractivity contribution in [1.82, 2.24) is 5.32 Å². The van der Waals surface area contributed by atoms with E-state index in [2.05, 4.69) is 5.32 Å². The second kappa shape index (κ2) is 8.55. The van der Waals surface area contributed by atoms with E-state index in [4.69, 9.17) is 9.15 Å². The van der Waals surface area contributed by atoms with E-state index in [0.29, 0.717) is 29.7 Å². The molecule has 2 heterocycles. The molecule has 0 radical (unpaired) electrons. The van der Waals surface area contributed by atoms with E-state index in [0.717, 1.165) is 16.5 Å². The first-order valence-electron chi connectivity index (χ1n) is 10.0. The molecule has 1 amide bonds. The number of amides is 1. The molecular weight excluding hydrogens is 418 g/mol. The Morgan fingerprint density at radius 3 is 2.68 bits per heavy atom. The molecule has 0 bridgehead atoms. The number of carbonyl (C=O) groups is 1. The first-order valence-corrected chi connectivity index (χ1v) is 11.9. The number of rotatable bonds is 6. The molecule has 1 fully saturated rings. The van der Waals surface area contributed by atoms with Crippen molar-refractivity contribution >= 4 is 26.7 Å². The number of hydrogen-bond acceptors (Lipinski definition) is 6. The predicted molar refractivity (Wildman–Crippen MR) is 117 cm³/mol. The Balaban J connectivity index is 1.46. The molecule has 3 aromatic rings. The smallest absolute Gasteiger partial charge is 0.340 e.